The molecule has 0 bridgehead atoms. The molecule has 30 heavy (non-hydrogen) atoms. The van der Waals surface area contributed by atoms with E-state index in [0.717, 1.165) is 12.0 Å². The van der Waals surface area contributed by atoms with Gasteiger partial charge in [0.05, 0.1) is 0 Å². The highest BCUT2D eigenvalue weighted by atomic mass is 16.6. The van der Waals surface area contributed by atoms with Gasteiger partial charge in [-0.15, -0.1) is 0 Å². The zero-order valence-corrected chi connectivity index (χ0v) is 17.8. The molecule has 0 spiro atoms. The third-order valence-electron chi connectivity index (χ3n) is 5.19. The maximum atomic E-state index is 13.3. The molecule has 2 heterocycles. The van der Waals surface area contributed by atoms with Gasteiger partial charge in [0, 0.05) is 6.04 Å². The summed E-state index contributed by atoms with van der Waals surface area (Å²) >= 11 is 0. The summed E-state index contributed by atoms with van der Waals surface area (Å²) in [6.45, 7) is 5.47. The number of hydrogen-bond donors (Lipinski definition) is 1. The summed E-state index contributed by atoms with van der Waals surface area (Å²) in [6.07, 6.45) is 5.58. The highest BCUT2D eigenvalue weighted by Crippen LogP contribution is 2.30. The molecule has 2 aliphatic rings. The van der Waals surface area contributed by atoms with Crippen molar-refractivity contribution in [1.82, 2.24) is 10.2 Å². The van der Waals surface area contributed by atoms with E-state index >= 15 is 0 Å². The summed E-state index contributed by atoms with van der Waals surface area (Å²) in [6, 6.07) is 7.95. The number of amides is 2. The molecule has 2 aliphatic heterocycles. The number of rotatable bonds is 4. The zero-order valence-electron chi connectivity index (χ0n) is 17.8. The molecule has 3 rings (SSSR count). The fraction of sp³-hybridized carbons (Fsp3) is 0.522. The number of nitrogens with zero attached hydrogens (tertiary/aromatic N) is 1. The van der Waals surface area contributed by atoms with Crippen molar-refractivity contribution in [3.05, 3.63) is 48.0 Å². The van der Waals surface area contributed by atoms with Crippen LogP contribution in [0.1, 0.15) is 52.0 Å². The SMILES string of the molecule is CC(C)(C)OC(=O)NC1C/C=C\C[C@H]2CC[C@@H](C(=O)OCc3ccccc3)N2C1=O. The summed E-state index contributed by atoms with van der Waals surface area (Å²) < 4.78 is 10.8. The molecule has 7 nitrogen and oxygen atoms in total. The van der Waals surface area contributed by atoms with Gasteiger partial charge in [0.25, 0.3) is 0 Å². The molecule has 0 aliphatic carbocycles. The van der Waals surface area contributed by atoms with Crippen molar-refractivity contribution in [2.75, 3.05) is 0 Å². The Hall–Kier alpha value is -2.83. The summed E-state index contributed by atoms with van der Waals surface area (Å²) in [4.78, 5) is 39.9. The first kappa shape index (κ1) is 21.9. The summed E-state index contributed by atoms with van der Waals surface area (Å²) in [5, 5.41) is 2.67. The minimum Gasteiger partial charge on any atom is -0.459 e. The monoisotopic (exact) mass is 414 g/mol. The molecule has 3 atom stereocenters. The molecule has 7 heteroatoms. The molecule has 2 amide bonds. The Balaban J connectivity index is 1.69. The van der Waals surface area contributed by atoms with Crippen molar-refractivity contribution in [3.63, 3.8) is 0 Å². The van der Waals surface area contributed by atoms with Crippen molar-refractivity contribution < 1.29 is 23.9 Å². The van der Waals surface area contributed by atoms with Gasteiger partial charge in [0.1, 0.15) is 24.3 Å². The van der Waals surface area contributed by atoms with Crippen LogP contribution in [-0.4, -0.2) is 46.6 Å². The molecule has 1 saturated heterocycles. The Labute approximate surface area is 177 Å². The Morgan fingerprint density at radius 1 is 1.10 bits per heavy atom. The predicted molar refractivity (Wildman–Crippen MR) is 111 cm³/mol. The van der Waals surface area contributed by atoms with Gasteiger partial charge >= 0.3 is 12.1 Å². The molecule has 0 radical (unpaired) electrons. The van der Waals surface area contributed by atoms with Gasteiger partial charge in [-0.2, -0.15) is 0 Å². The third-order valence-corrected chi connectivity index (χ3v) is 5.19. The standard InChI is InChI=1S/C23H30N2O5/c1-23(2,3)30-22(28)24-18-12-8-7-11-17-13-14-19(25(17)20(18)26)21(27)29-15-16-9-5-4-6-10-16/h4-10,17-19H,11-15H2,1-3H3,(H,24,28)/b8-7-/t17-,18?,19-/m0/s1. The molecule has 0 aromatic heterocycles. The lowest BCUT2D eigenvalue weighted by molar-refractivity contribution is -0.156. The van der Waals surface area contributed by atoms with Crippen molar-refractivity contribution >= 4 is 18.0 Å². The van der Waals surface area contributed by atoms with Crippen LogP contribution in [0.5, 0.6) is 0 Å². The molecule has 0 saturated carbocycles. The molecule has 1 fully saturated rings. The van der Waals surface area contributed by atoms with E-state index in [1.807, 2.05) is 42.5 Å². The van der Waals surface area contributed by atoms with Gasteiger partial charge in [0.15, 0.2) is 0 Å². The van der Waals surface area contributed by atoms with Crippen LogP contribution in [0, 0.1) is 0 Å². The minimum atomic E-state index is -0.776. The molecule has 1 aromatic rings. The van der Waals surface area contributed by atoms with Crippen LogP contribution in [0.2, 0.25) is 0 Å². The van der Waals surface area contributed by atoms with Crippen LogP contribution in [0.3, 0.4) is 0 Å². The van der Waals surface area contributed by atoms with Crippen molar-refractivity contribution in [2.45, 2.75) is 76.8 Å². The number of esters is 1. The van der Waals surface area contributed by atoms with E-state index in [2.05, 4.69) is 5.32 Å². The highest BCUT2D eigenvalue weighted by molar-refractivity contribution is 5.90. The Kier molecular flexibility index (Phi) is 6.80. The minimum absolute atomic E-state index is 0.0775. The van der Waals surface area contributed by atoms with E-state index in [1.165, 1.54) is 0 Å². The van der Waals surface area contributed by atoms with Gasteiger partial charge in [-0.05, 0) is 52.0 Å². The normalized spacial score (nSPS) is 25.0. The van der Waals surface area contributed by atoms with Gasteiger partial charge in [-0.3, -0.25) is 4.79 Å². The number of fused-ring (bicyclic) bond motifs is 1. The van der Waals surface area contributed by atoms with Crippen LogP contribution in [0.25, 0.3) is 0 Å². The Bertz CT molecular complexity index is 800. The first-order valence-electron chi connectivity index (χ1n) is 10.4. The lowest BCUT2D eigenvalue weighted by atomic mass is 10.0. The second kappa shape index (κ2) is 9.32. The number of alkyl carbamates (subject to hydrolysis) is 1. The highest BCUT2D eigenvalue weighted by Gasteiger charge is 2.44. The number of hydrogen-bond acceptors (Lipinski definition) is 5. The topological polar surface area (TPSA) is 84.9 Å². The quantitative estimate of drug-likeness (QED) is 0.603. The number of ether oxygens (including phenoxy) is 2. The number of nitrogens with one attached hydrogen (secondary N) is 1. The Morgan fingerprint density at radius 2 is 1.80 bits per heavy atom. The fourth-order valence-electron chi connectivity index (χ4n) is 3.84. The van der Waals surface area contributed by atoms with E-state index in [-0.39, 0.29) is 18.6 Å². The molecular formula is C23H30N2O5. The summed E-state index contributed by atoms with van der Waals surface area (Å²) in [5.41, 5.74) is 0.233. The lowest BCUT2D eigenvalue weighted by Crippen LogP contribution is -2.55. The van der Waals surface area contributed by atoms with Gasteiger partial charge in [-0.1, -0.05) is 42.5 Å². The molecular weight excluding hydrogens is 384 g/mol. The van der Waals surface area contributed by atoms with Crippen LogP contribution in [0.4, 0.5) is 4.79 Å². The number of carbonyl (C=O) groups excluding carboxylic acids is 3. The molecule has 1 aromatic carbocycles. The van der Waals surface area contributed by atoms with E-state index < -0.39 is 29.7 Å². The second-order valence-electron chi connectivity index (χ2n) is 8.73. The number of carbonyl (C=O) groups is 3. The van der Waals surface area contributed by atoms with E-state index in [9.17, 15) is 14.4 Å². The maximum Gasteiger partial charge on any atom is 0.408 e. The smallest absolute Gasteiger partial charge is 0.408 e. The molecule has 162 valence electrons. The first-order chi connectivity index (χ1) is 14.2. The van der Waals surface area contributed by atoms with Gasteiger partial charge < -0.3 is 19.7 Å². The second-order valence-corrected chi connectivity index (χ2v) is 8.73. The third kappa shape index (κ3) is 5.62. The molecule has 1 unspecified atom stereocenters. The first-order valence-corrected chi connectivity index (χ1v) is 10.4. The van der Waals surface area contributed by atoms with Gasteiger partial charge in [-0.25, -0.2) is 9.59 Å². The Morgan fingerprint density at radius 3 is 2.50 bits per heavy atom. The lowest BCUT2D eigenvalue weighted by Gasteiger charge is -2.33. The average Bonchev–Trinajstić information content (AvgIpc) is 3.09. The van der Waals surface area contributed by atoms with E-state index in [1.54, 1.807) is 25.7 Å². The number of benzene rings is 1. The van der Waals surface area contributed by atoms with E-state index in [0.29, 0.717) is 19.3 Å². The predicted octanol–water partition coefficient (Wildman–Crippen LogP) is 3.33. The van der Waals surface area contributed by atoms with Crippen molar-refractivity contribution in [3.8, 4) is 0 Å². The van der Waals surface area contributed by atoms with Crippen molar-refractivity contribution in [2.24, 2.45) is 0 Å². The fourth-order valence-corrected chi connectivity index (χ4v) is 3.84. The van der Waals surface area contributed by atoms with Gasteiger partial charge in [0.2, 0.25) is 5.91 Å². The summed E-state index contributed by atoms with van der Waals surface area (Å²) in [7, 11) is 0. The van der Waals surface area contributed by atoms with E-state index in [4.69, 9.17) is 9.47 Å². The van der Waals surface area contributed by atoms with Crippen LogP contribution in [-0.2, 0) is 25.7 Å². The maximum absolute atomic E-state index is 13.3. The van der Waals surface area contributed by atoms with Crippen LogP contribution < -0.4 is 5.32 Å². The zero-order chi connectivity index (χ0) is 21.7. The van der Waals surface area contributed by atoms with Crippen LogP contribution >= 0.6 is 0 Å². The largest absolute Gasteiger partial charge is 0.459 e. The average molecular weight is 415 g/mol. The molecule has 1 N–H and O–H groups in total. The summed E-state index contributed by atoms with van der Waals surface area (Å²) in [5.74, 6) is -0.676. The van der Waals surface area contributed by atoms with Crippen LogP contribution in [0.15, 0.2) is 42.5 Å². The van der Waals surface area contributed by atoms with Crippen molar-refractivity contribution in [1.29, 1.82) is 0 Å².